The number of unbranched alkanes of at least 4 members (excludes halogenated alkanes) is 3. The maximum absolute atomic E-state index is 12.3. The van der Waals surface area contributed by atoms with Crippen LogP contribution in [0.2, 0.25) is 13.3 Å². The van der Waals surface area contributed by atoms with Crippen molar-refractivity contribution in [3.8, 4) is 5.75 Å². The fourth-order valence-corrected chi connectivity index (χ4v) is 21.3. The molecule has 0 spiro atoms. The molecule has 0 aliphatic heterocycles. The van der Waals surface area contributed by atoms with Crippen molar-refractivity contribution in [1.29, 1.82) is 0 Å². The Balaban J connectivity index is 2.86. The Morgan fingerprint density at radius 2 is 1.44 bits per heavy atom. The van der Waals surface area contributed by atoms with Crippen LogP contribution in [0.5, 0.6) is 5.75 Å². The van der Waals surface area contributed by atoms with E-state index in [1.807, 2.05) is 30.3 Å². The first kappa shape index (κ1) is 29.0. The predicted molar refractivity (Wildman–Crippen MR) is 137 cm³/mol. The predicted octanol–water partition coefficient (Wildman–Crippen LogP) is 7.48. The van der Waals surface area contributed by atoms with E-state index in [0.29, 0.717) is 13.2 Å². The average molecular weight is 553 g/mol. The summed E-state index contributed by atoms with van der Waals surface area (Å²) in [7, 11) is 3.17. The number of rotatable bonds is 18. The van der Waals surface area contributed by atoms with Gasteiger partial charge in [-0.05, 0) is 0 Å². The van der Waals surface area contributed by atoms with Gasteiger partial charge in [-0.3, -0.25) is 0 Å². The van der Waals surface area contributed by atoms with Gasteiger partial charge in [0.1, 0.15) is 0 Å². The first-order valence-corrected chi connectivity index (χ1v) is 20.0. The summed E-state index contributed by atoms with van der Waals surface area (Å²) in [6, 6.07) is 8.02. The van der Waals surface area contributed by atoms with E-state index >= 15 is 0 Å². The van der Waals surface area contributed by atoms with Crippen LogP contribution in [-0.4, -0.2) is 45.2 Å². The van der Waals surface area contributed by atoms with Crippen molar-refractivity contribution in [3.63, 3.8) is 0 Å². The first-order valence-electron chi connectivity index (χ1n) is 12.5. The second-order valence-corrected chi connectivity index (χ2v) is 22.2. The number of carbonyl (C=O) groups excluding carboxylic acids is 1. The van der Waals surface area contributed by atoms with E-state index in [2.05, 4.69) is 20.8 Å². The topological polar surface area (TPSA) is 44.8 Å². The molecule has 5 heteroatoms. The van der Waals surface area contributed by atoms with Crippen LogP contribution in [-0.2, 0) is 20.9 Å². The summed E-state index contributed by atoms with van der Waals surface area (Å²) >= 11 is -2.64. The Morgan fingerprint density at radius 1 is 0.875 bits per heavy atom. The molecule has 0 amide bonds. The summed E-state index contributed by atoms with van der Waals surface area (Å²) in [6.45, 7) is 8.17. The Labute approximate surface area is 201 Å². The van der Waals surface area contributed by atoms with Gasteiger partial charge in [-0.25, -0.2) is 0 Å². The Hall–Kier alpha value is -1.01. The molecule has 0 aliphatic carbocycles. The molecule has 0 saturated carbocycles. The third-order valence-electron chi connectivity index (χ3n) is 6.36. The molecule has 182 valence electrons. The normalized spacial score (nSPS) is 12.1. The number of esters is 1. The van der Waals surface area contributed by atoms with E-state index < -0.39 is 18.4 Å². The van der Waals surface area contributed by atoms with Crippen LogP contribution >= 0.6 is 0 Å². The Morgan fingerprint density at radius 3 is 1.91 bits per heavy atom. The molecule has 0 aromatic heterocycles. The molecule has 0 radical (unpaired) electrons. The third kappa shape index (κ3) is 10.7. The number of hydrogen-bond donors (Lipinski definition) is 0. The zero-order valence-corrected chi connectivity index (χ0v) is 24.1. The van der Waals surface area contributed by atoms with Crippen molar-refractivity contribution in [3.05, 3.63) is 39.5 Å². The monoisotopic (exact) mass is 554 g/mol. The number of hydrogen-bond acceptors (Lipinski definition) is 4. The van der Waals surface area contributed by atoms with Crippen LogP contribution in [0, 0.1) is 0 Å². The number of benzene rings is 1. The quantitative estimate of drug-likeness (QED) is 0.0819. The second-order valence-electron chi connectivity index (χ2n) is 8.79. The van der Waals surface area contributed by atoms with Crippen molar-refractivity contribution in [1.82, 2.24) is 0 Å². The van der Waals surface area contributed by atoms with Crippen LogP contribution in [0.1, 0.15) is 77.7 Å². The van der Waals surface area contributed by atoms with Gasteiger partial charge < -0.3 is 0 Å². The SMILES string of the molecule is CCC[CH2][Sn]([CH2]CCC)([CH2]CCC)/[C](=C/C(=O)OC)CCCOCc1ccc(OC)cc1. The van der Waals surface area contributed by atoms with E-state index in [0.717, 1.165) is 24.2 Å². The Bertz CT molecular complexity index is 632. The van der Waals surface area contributed by atoms with Crippen molar-refractivity contribution in [2.45, 2.75) is 92.1 Å². The van der Waals surface area contributed by atoms with Gasteiger partial charge in [0, 0.05) is 0 Å². The van der Waals surface area contributed by atoms with E-state index in [4.69, 9.17) is 14.2 Å². The molecule has 4 nitrogen and oxygen atoms in total. The van der Waals surface area contributed by atoms with Crippen LogP contribution in [0.25, 0.3) is 0 Å². The molecule has 1 aromatic carbocycles. The molecule has 0 N–H and O–H groups in total. The van der Waals surface area contributed by atoms with Gasteiger partial charge >= 0.3 is 201 Å². The van der Waals surface area contributed by atoms with Gasteiger partial charge in [0.25, 0.3) is 0 Å². The number of carbonyl (C=O) groups is 1. The fourth-order valence-electron chi connectivity index (χ4n) is 4.37. The summed E-state index contributed by atoms with van der Waals surface area (Å²) in [6.07, 6.45) is 11.4. The molecule has 0 bridgehead atoms. The Kier molecular flexibility index (Phi) is 15.8. The summed E-state index contributed by atoms with van der Waals surface area (Å²) in [5.41, 5.74) is 1.15. The molecular formula is C27H46O4Sn. The average Bonchev–Trinajstić information content (AvgIpc) is 2.83. The van der Waals surface area contributed by atoms with Crippen molar-refractivity contribution >= 4 is 24.3 Å². The molecule has 1 rings (SSSR count). The molecule has 0 fully saturated rings. The zero-order valence-electron chi connectivity index (χ0n) is 21.2. The molecule has 0 aliphatic rings. The summed E-state index contributed by atoms with van der Waals surface area (Å²) in [4.78, 5) is 12.3. The molecule has 0 atom stereocenters. The van der Waals surface area contributed by atoms with Gasteiger partial charge in [0.2, 0.25) is 0 Å². The van der Waals surface area contributed by atoms with Crippen molar-refractivity contribution in [2.24, 2.45) is 0 Å². The molecule has 0 unspecified atom stereocenters. The van der Waals surface area contributed by atoms with Crippen LogP contribution in [0.3, 0.4) is 0 Å². The third-order valence-corrected chi connectivity index (χ3v) is 22.6. The minimum atomic E-state index is -2.64. The number of allylic oxidation sites excluding steroid dienone is 1. The van der Waals surface area contributed by atoms with Crippen molar-refractivity contribution in [2.75, 3.05) is 20.8 Å². The molecular weight excluding hydrogens is 507 g/mol. The molecule has 0 heterocycles. The van der Waals surface area contributed by atoms with Crippen molar-refractivity contribution < 1.29 is 19.0 Å². The van der Waals surface area contributed by atoms with E-state index in [1.54, 1.807) is 7.11 Å². The zero-order chi connectivity index (χ0) is 23.7. The minimum absolute atomic E-state index is 0.176. The van der Waals surface area contributed by atoms with Gasteiger partial charge in [-0.15, -0.1) is 0 Å². The molecule has 0 saturated heterocycles. The standard InChI is InChI=1S/C15H19O4.3C4H9.Sn/c1-17-14-9-7-13(8-10-14)12-19-11-5-3-4-6-15(16)18-2;3*1-3-4-2;/h6-10H,3,5,11-12H2,1-2H3;3*1,3-4H2,2H3;. The van der Waals surface area contributed by atoms with Crippen LogP contribution in [0.4, 0.5) is 0 Å². The van der Waals surface area contributed by atoms with Gasteiger partial charge in [0.15, 0.2) is 0 Å². The molecule has 1 aromatic rings. The second kappa shape index (κ2) is 17.5. The summed E-state index contributed by atoms with van der Waals surface area (Å²) in [5, 5.41) is 0. The van der Waals surface area contributed by atoms with E-state index in [-0.39, 0.29) is 5.97 Å². The van der Waals surface area contributed by atoms with Crippen LogP contribution in [0.15, 0.2) is 33.9 Å². The fraction of sp³-hybridized carbons (Fsp3) is 0.667. The van der Waals surface area contributed by atoms with Gasteiger partial charge in [-0.1, -0.05) is 0 Å². The van der Waals surface area contributed by atoms with Crippen LogP contribution < -0.4 is 4.74 Å². The summed E-state index contributed by atoms with van der Waals surface area (Å²) < 4.78 is 21.8. The van der Waals surface area contributed by atoms with Gasteiger partial charge in [-0.2, -0.15) is 0 Å². The van der Waals surface area contributed by atoms with Gasteiger partial charge in [0.05, 0.1) is 0 Å². The van der Waals surface area contributed by atoms with E-state index in [9.17, 15) is 4.79 Å². The maximum atomic E-state index is 12.3. The number of ether oxygens (including phenoxy) is 3. The summed E-state index contributed by atoms with van der Waals surface area (Å²) in [5.74, 6) is 0.686. The first-order chi connectivity index (χ1) is 15.5. The number of methoxy groups -OCH3 is 2. The molecule has 32 heavy (non-hydrogen) atoms. The van der Waals surface area contributed by atoms with E-state index in [1.165, 1.54) is 62.5 Å².